The van der Waals surface area contributed by atoms with Crippen LogP contribution in [0.25, 0.3) is 5.57 Å². The molecule has 1 aromatic rings. The molecular weight excluding hydrogens is 430 g/mol. The first-order valence-corrected chi connectivity index (χ1v) is 12.4. The highest BCUT2D eigenvalue weighted by Crippen LogP contribution is 2.66. The average molecular weight is 470 g/mol. The predicted octanol–water partition coefficient (Wildman–Crippen LogP) is 5.58. The van der Waals surface area contributed by atoms with Crippen LogP contribution >= 0.6 is 0 Å². The van der Waals surface area contributed by atoms with Crippen LogP contribution in [0.2, 0.25) is 0 Å². The molecule has 186 valence electrons. The largest absolute Gasteiger partial charge is 0.481 e. The van der Waals surface area contributed by atoms with E-state index in [0.29, 0.717) is 10.8 Å². The summed E-state index contributed by atoms with van der Waals surface area (Å²) in [4.78, 5) is 22.4. The Labute approximate surface area is 202 Å². The molecule has 0 aliphatic heterocycles. The summed E-state index contributed by atoms with van der Waals surface area (Å²) >= 11 is 0. The lowest BCUT2D eigenvalue weighted by Crippen LogP contribution is -2.49. The van der Waals surface area contributed by atoms with Crippen LogP contribution in [0.15, 0.2) is 42.3 Å². The normalized spacial score (nSPS) is 35.4. The molecule has 0 unspecified atom stereocenters. The molecule has 2 fully saturated rings. The fourth-order valence-electron chi connectivity index (χ4n) is 7.18. The van der Waals surface area contributed by atoms with Crippen molar-refractivity contribution in [3.05, 3.63) is 47.8 Å². The van der Waals surface area contributed by atoms with Crippen molar-refractivity contribution >= 4 is 17.5 Å². The van der Waals surface area contributed by atoms with Crippen LogP contribution in [0.4, 0.5) is 0 Å². The first-order chi connectivity index (χ1) is 16.0. The second-order valence-electron chi connectivity index (χ2n) is 10.7. The number of rotatable bonds is 1. The summed E-state index contributed by atoms with van der Waals surface area (Å²) in [5.41, 5.74) is 5.09. The van der Waals surface area contributed by atoms with Gasteiger partial charge in [0, 0.05) is 26.2 Å². The first kappa shape index (κ1) is 26.1. The number of carboxylic acid groups (broad SMARTS) is 2. The van der Waals surface area contributed by atoms with Gasteiger partial charge in [-0.25, -0.2) is 0 Å². The van der Waals surface area contributed by atoms with Crippen molar-refractivity contribution < 1.29 is 24.9 Å². The Hall–Kier alpha value is -2.47. The molecule has 2 saturated carbocycles. The molecule has 0 aromatic carbocycles. The average Bonchev–Trinajstić information content (AvgIpc) is 3.11. The van der Waals surface area contributed by atoms with Crippen molar-refractivity contribution in [3.63, 3.8) is 0 Å². The summed E-state index contributed by atoms with van der Waals surface area (Å²) in [7, 11) is 0. The second-order valence-corrected chi connectivity index (χ2v) is 10.7. The number of allylic oxidation sites excluding steroid dienone is 3. The number of pyridine rings is 1. The topological polar surface area (TPSA) is 108 Å². The van der Waals surface area contributed by atoms with Gasteiger partial charge >= 0.3 is 0 Å². The van der Waals surface area contributed by atoms with Gasteiger partial charge in [0.15, 0.2) is 0 Å². The molecule has 5 rings (SSSR count). The van der Waals surface area contributed by atoms with Crippen LogP contribution in [0, 0.1) is 28.6 Å². The summed E-state index contributed by atoms with van der Waals surface area (Å²) in [5.74, 6) is 0.691. The SMILES string of the molecule is CC(=O)O.CC(=O)O.C[C@]12CC[C@H](O)CC1=CC[C@@H]1[C@@H]2CC[C@]2(C)C(c3cccnc3)=CC[C@@H]12. The van der Waals surface area contributed by atoms with E-state index < -0.39 is 11.9 Å². The second kappa shape index (κ2) is 10.4. The van der Waals surface area contributed by atoms with E-state index in [0.717, 1.165) is 44.4 Å². The molecule has 0 amide bonds. The van der Waals surface area contributed by atoms with Gasteiger partial charge in [-0.05, 0) is 90.7 Å². The molecule has 0 bridgehead atoms. The highest BCUT2D eigenvalue weighted by molar-refractivity contribution is 5.72. The number of aliphatic hydroxyl groups is 1. The molecule has 0 radical (unpaired) electrons. The van der Waals surface area contributed by atoms with Crippen molar-refractivity contribution in [2.75, 3.05) is 0 Å². The molecule has 4 aliphatic carbocycles. The van der Waals surface area contributed by atoms with Crippen molar-refractivity contribution in [1.29, 1.82) is 0 Å². The van der Waals surface area contributed by atoms with Crippen LogP contribution in [0.3, 0.4) is 0 Å². The van der Waals surface area contributed by atoms with Gasteiger partial charge in [-0.15, -0.1) is 0 Å². The fourth-order valence-corrected chi connectivity index (χ4v) is 7.18. The minimum Gasteiger partial charge on any atom is -0.481 e. The van der Waals surface area contributed by atoms with Crippen molar-refractivity contribution in [2.45, 2.75) is 78.7 Å². The van der Waals surface area contributed by atoms with Gasteiger partial charge in [-0.3, -0.25) is 14.6 Å². The van der Waals surface area contributed by atoms with Crippen molar-refractivity contribution in [1.82, 2.24) is 4.98 Å². The van der Waals surface area contributed by atoms with E-state index in [4.69, 9.17) is 19.8 Å². The number of fused-ring (bicyclic) bond motifs is 5. The minimum atomic E-state index is -0.833. The Balaban J connectivity index is 0.000000355. The van der Waals surface area contributed by atoms with Gasteiger partial charge in [0.1, 0.15) is 0 Å². The van der Waals surface area contributed by atoms with Crippen LogP contribution in [-0.2, 0) is 9.59 Å². The van der Waals surface area contributed by atoms with E-state index in [9.17, 15) is 5.11 Å². The van der Waals surface area contributed by atoms with Gasteiger partial charge in [0.05, 0.1) is 6.10 Å². The first-order valence-electron chi connectivity index (χ1n) is 12.4. The third kappa shape index (κ3) is 5.27. The number of aliphatic carboxylic acids is 2. The zero-order valence-electron chi connectivity index (χ0n) is 20.8. The Bertz CT molecular complexity index is 935. The Morgan fingerprint density at radius 2 is 1.62 bits per heavy atom. The molecule has 6 nitrogen and oxygen atoms in total. The van der Waals surface area contributed by atoms with E-state index in [1.807, 2.05) is 12.4 Å². The smallest absolute Gasteiger partial charge is 0.300 e. The maximum absolute atomic E-state index is 10.2. The van der Waals surface area contributed by atoms with Crippen LogP contribution < -0.4 is 0 Å². The standard InChI is InChI=1S/C24H31NO.2C2H4O2/c1-23-11-9-18(26)14-17(23)5-6-19-21-8-7-20(16-4-3-13-25-15-16)24(21,2)12-10-22(19)23;2*1-2(3)4/h3-5,7,13,15,18-19,21-22,26H,6,8-12,14H2,1-2H3;2*1H3,(H,3,4)/t18-,19-,21-,22-,23-,24+;;/m0../s1. The summed E-state index contributed by atoms with van der Waals surface area (Å²) in [6.07, 6.45) is 17.0. The van der Waals surface area contributed by atoms with E-state index in [1.54, 1.807) is 11.1 Å². The van der Waals surface area contributed by atoms with E-state index in [-0.39, 0.29) is 6.10 Å². The molecule has 1 heterocycles. The van der Waals surface area contributed by atoms with Crippen LogP contribution in [0.1, 0.15) is 78.2 Å². The Morgan fingerprint density at radius 1 is 0.971 bits per heavy atom. The summed E-state index contributed by atoms with van der Waals surface area (Å²) < 4.78 is 0. The van der Waals surface area contributed by atoms with Crippen LogP contribution in [0.5, 0.6) is 0 Å². The maximum Gasteiger partial charge on any atom is 0.300 e. The quantitative estimate of drug-likeness (QED) is 0.463. The van der Waals surface area contributed by atoms with Gasteiger partial charge in [-0.1, -0.05) is 37.6 Å². The number of aliphatic hydroxyl groups excluding tert-OH is 1. The van der Waals surface area contributed by atoms with Crippen molar-refractivity contribution in [2.24, 2.45) is 28.6 Å². The molecule has 6 atom stereocenters. The summed E-state index contributed by atoms with van der Waals surface area (Å²) in [6.45, 7) is 7.19. The lowest BCUT2D eigenvalue weighted by molar-refractivity contribution is -0.135. The Morgan fingerprint density at radius 3 is 2.24 bits per heavy atom. The molecule has 0 saturated heterocycles. The van der Waals surface area contributed by atoms with Gasteiger partial charge < -0.3 is 15.3 Å². The summed E-state index contributed by atoms with van der Waals surface area (Å²) in [5, 5.41) is 25.0. The fraction of sp³-hybridized carbons (Fsp3) is 0.607. The number of aromatic nitrogens is 1. The third-order valence-corrected chi connectivity index (χ3v) is 8.63. The van der Waals surface area contributed by atoms with E-state index in [1.165, 1.54) is 37.7 Å². The maximum atomic E-state index is 10.2. The summed E-state index contributed by atoms with van der Waals surface area (Å²) in [6, 6.07) is 4.31. The number of carbonyl (C=O) groups is 2. The van der Waals surface area contributed by atoms with Gasteiger partial charge in [0.25, 0.3) is 11.9 Å². The number of nitrogens with zero attached hydrogens (tertiary/aromatic N) is 1. The Kier molecular flexibility index (Phi) is 8.02. The minimum absolute atomic E-state index is 0.106. The third-order valence-electron chi connectivity index (χ3n) is 8.63. The number of hydrogen-bond donors (Lipinski definition) is 3. The van der Waals surface area contributed by atoms with E-state index >= 15 is 0 Å². The molecular formula is C28H39NO5. The molecule has 4 aliphatic rings. The molecule has 34 heavy (non-hydrogen) atoms. The van der Waals surface area contributed by atoms with Crippen LogP contribution in [-0.4, -0.2) is 38.3 Å². The molecule has 0 spiro atoms. The number of carboxylic acids is 2. The highest BCUT2D eigenvalue weighted by Gasteiger charge is 2.56. The zero-order chi connectivity index (χ0) is 25.1. The highest BCUT2D eigenvalue weighted by atomic mass is 16.4. The van der Waals surface area contributed by atoms with E-state index in [2.05, 4.69) is 43.1 Å². The zero-order valence-corrected chi connectivity index (χ0v) is 20.8. The van der Waals surface area contributed by atoms with Gasteiger partial charge in [0.2, 0.25) is 0 Å². The molecule has 3 N–H and O–H groups in total. The molecule has 1 aromatic heterocycles. The van der Waals surface area contributed by atoms with Gasteiger partial charge in [-0.2, -0.15) is 0 Å². The lowest BCUT2D eigenvalue weighted by Gasteiger charge is -2.57. The number of hydrogen-bond acceptors (Lipinski definition) is 4. The monoisotopic (exact) mass is 469 g/mol. The lowest BCUT2D eigenvalue weighted by atomic mass is 9.47. The van der Waals surface area contributed by atoms with Crippen molar-refractivity contribution in [3.8, 4) is 0 Å². The molecule has 6 heteroatoms. The predicted molar refractivity (Wildman–Crippen MR) is 132 cm³/mol.